The first-order valence-electron chi connectivity index (χ1n) is 14.2. The Hall–Kier alpha value is -3.13. The summed E-state index contributed by atoms with van der Waals surface area (Å²) >= 11 is 1.11. The molecule has 38 heavy (non-hydrogen) atoms. The van der Waals surface area contributed by atoms with Crippen LogP contribution in [0.3, 0.4) is 0 Å². The number of carbonyl (C=O) groups excluding carboxylic acids is 2. The van der Waals surface area contributed by atoms with E-state index in [2.05, 4.69) is 19.9 Å². The van der Waals surface area contributed by atoms with Gasteiger partial charge in [-0.2, -0.15) is 0 Å². The van der Waals surface area contributed by atoms with Crippen molar-refractivity contribution in [1.82, 2.24) is 19.3 Å². The normalized spacial score (nSPS) is 21.4. The van der Waals surface area contributed by atoms with Gasteiger partial charge in [-0.1, -0.05) is 6.07 Å². The summed E-state index contributed by atoms with van der Waals surface area (Å²) in [6, 6.07) is 4.59. The number of anilines is 1. The van der Waals surface area contributed by atoms with Crippen molar-refractivity contribution in [1.29, 1.82) is 0 Å². The molecule has 204 valence electrons. The number of aromatic nitrogens is 3. The van der Waals surface area contributed by atoms with Crippen LogP contribution < -0.4 is 10.2 Å². The maximum atomic E-state index is 13.4. The van der Waals surface area contributed by atoms with Crippen LogP contribution in [0, 0.1) is 0 Å². The van der Waals surface area contributed by atoms with E-state index in [1.54, 1.807) is 11.4 Å². The topological polar surface area (TPSA) is 133 Å². The molecule has 3 aromatic heterocycles. The van der Waals surface area contributed by atoms with Crippen LogP contribution in [-0.2, 0) is 30.7 Å². The van der Waals surface area contributed by atoms with Crippen LogP contribution in [-0.4, -0.2) is 85.2 Å². The van der Waals surface area contributed by atoms with Gasteiger partial charge in [-0.3, -0.25) is 13.6 Å². The first kappa shape index (κ1) is 21.8. The number of Topliss-reactive ketones (excluding diaryl/α,β-unsaturated/α-hetero) is 1. The van der Waals surface area contributed by atoms with Gasteiger partial charge in [-0.05, 0) is 32.0 Å². The van der Waals surface area contributed by atoms with Gasteiger partial charge in [0.05, 0.1) is 55.2 Å². The SMILES string of the molecule is [2H]C([2H])([2H])OC([2H])([2H])[C@H](NC(=O)c1ccn(S(C)(=O)=O)c1)C(=O)Cc1nc(-c2cccc(N3C[C@@H](C)O[C@@H](C)C3)n2)cs1. The Bertz CT molecular complexity index is 1580. The van der Waals surface area contributed by atoms with Crippen molar-refractivity contribution in [3.05, 3.63) is 52.6 Å². The molecule has 0 saturated carbocycles. The van der Waals surface area contributed by atoms with E-state index in [1.807, 2.05) is 26.0 Å². The third-order valence-electron chi connectivity index (χ3n) is 5.70. The van der Waals surface area contributed by atoms with Crippen LogP contribution in [0.5, 0.6) is 0 Å². The van der Waals surface area contributed by atoms with Gasteiger partial charge in [-0.25, -0.2) is 18.4 Å². The van der Waals surface area contributed by atoms with Gasteiger partial charge in [0.25, 0.3) is 5.91 Å². The molecule has 13 heteroatoms. The number of thiazole rings is 1. The van der Waals surface area contributed by atoms with Gasteiger partial charge in [-0.15, -0.1) is 11.3 Å². The Morgan fingerprint density at radius 1 is 1.26 bits per heavy atom. The van der Waals surface area contributed by atoms with Gasteiger partial charge in [0.15, 0.2) is 5.78 Å². The number of hydrogen-bond donors (Lipinski definition) is 1. The third kappa shape index (κ3) is 6.84. The minimum atomic E-state index is -3.71. The van der Waals surface area contributed by atoms with Gasteiger partial charge < -0.3 is 19.7 Å². The lowest BCUT2D eigenvalue weighted by atomic mass is 10.1. The molecule has 0 spiro atoms. The molecule has 1 amide bonds. The highest BCUT2D eigenvalue weighted by Crippen LogP contribution is 2.25. The summed E-state index contributed by atoms with van der Waals surface area (Å²) < 4.78 is 73.0. The van der Waals surface area contributed by atoms with E-state index in [-0.39, 0.29) is 22.8 Å². The molecule has 1 saturated heterocycles. The largest absolute Gasteiger partial charge is 0.382 e. The first-order valence-corrected chi connectivity index (χ1v) is 14.4. The second kappa shape index (κ2) is 11.7. The highest BCUT2D eigenvalue weighted by molar-refractivity contribution is 7.89. The standard InChI is InChI=1S/C25H31N5O6S2/c1-16-11-29(12-17(2)36-16)23-7-5-6-19(26-23)21-15-37-24(27-21)10-22(31)20(14-35-3)28-25(32)18-8-9-30(13-18)38(4,33)34/h5-9,13,15-17,20H,10-12,14H2,1-4H3,(H,28,32)/t16-,17+,20-/m0/s1/i3D3,14D2. The maximum Gasteiger partial charge on any atom is 0.253 e. The number of nitrogens with one attached hydrogen (secondary N) is 1. The summed E-state index contributed by atoms with van der Waals surface area (Å²) in [6.45, 7) is 2.17. The third-order valence-corrected chi connectivity index (χ3v) is 7.55. The molecule has 0 unspecified atom stereocenters. The fourth-order valence-electron chi connectivity index (χ4n) is 4.03. The Morgan fingerprint density at radius 2 is 2.03 bits per heavy atom. The zero-order valence-electron chi connectivity index (χ0n) is 25.9. The minimum absolute atomic E-state index is 0.0367. The number of pyridine rings is 1. The maximum absolute atomic E-state index is 13.4. The van der Waals surface area contributed by atoms with E-state index in [0.717, 1.165) is 45.8 Å². The van der Waals surface area contributed by atoms with E-state index in [0.29, 0.717) is 24.5 Å². The van der Waals surface area contributed by atoms with E-state index < -0.39 is 47.8 Å². The predicted molar refractivity (Wildman–Crippen MR) is 144 cm³/mol. The van der Waals surface area contributed by atoms with Gasteiger partial charge in [0, 0.05) is 37.9 Å². The van der Waals surface area contributed by atoms with E-state index in [1.165, 1.54) is 0 Å². The number of methoxy groups -OCH3 is 1. The molecule has 4 rings (SSSR count). The van der Waals surface area contributed by atoms with Gasteiger partial charge in [0.1, 0.15) is 16.9 Å². The number of ketones is 1. The summed E-state index contributed by atoms with van der Waals surface area (Å²) in [6.07, 6.45) is 2.63. The van der Waals surface area contributed by atoms with Gasteiger partial charge in [0.2, 0.25) is 10.0 Å². The number of amides is 1. The van der Waals surface area contributed by atoms with Crippen LogP contribution in [0.25, 0.3) is 11.4 Å². The minimum Gasteiger partial charge on any atom is -0.382 e. The molecular weight excluding hydrogens is 530 g/mol. The molecule has 0 aromatic carbocycles. The predicted octanol–water partition coefficient (Wildman–Crippen LogP) is 1.98. The van der Waals surface area contributed by atoms with Crippen LogP contribution in [0.4, 0.5) is 5.82 Å². The van der Waals surface area contributed by atoms with E-state index >= 15 is 0 Å². The molecule has 1 fully saturated rings. The second-order valence-corrected chi connectivity index (χ2v) is 11.8. The van der Waals surface area contributed by atoms with Crippen molar-refractivity contribution < 1.29 is 34.3 Å². The average molecular weight is 567 g/mol. The van der Waals surface area contributed by atoms with Crippen molar-refractivity contribution in [2.45, 2.75) is 38.5 Å². The Balaban J connectivity index is 1.54. The highest BCUT2D eigenvalue weighted by atomic mass is 32.2. The number of morpholine rings is 1. The van der Waals surface area contributed by atoms with Crippen LogP contribution in [0.2, 0.25) is 0 Å². The molecule has 11 nitrogen and oxygen atoms in total. The molecule has 3 atom stereocenters. The number of ether oxygens (including phenoxy) is 2. The Kier molecular flexibility index (Phi) is 6.72. The van der Waals surface area contributed by atoms with Crippen molar-refractivity contribution in [3.63, 3.8) is 0 Å². The lowest BCUT2D eigenvalue weighted by Gasteiger charge is -2.36. The van der Waals surface area contributed by atoms with Crippen LogP contribution >= 0.6 is 11.3 Å². The lowest BCUT2D eigenvalue weighted by molar-refractivity contribution is -0.121. The molecule has 0 bridgehead atoms. The lowest BCUT2D eigenvalue weighted by Crippen LogP contribution is -2.45. The molecule has 4 heterocycles. The Morgan fingerprint density at radius 3 is 2.71 bits per heavy atom. The van der Waals surface area contributed by atoms with Crippen molar-refractivity contribution in [3.8, 4) is 11.4 Å². The average Bonchev–Trinajstić information content (AvgIpc) is 3.55. The van der Waals surface area contributed by atoms with E-state index in [9.17, 15) is 18.0 Å². The Labute approximate surface area is 232 Å². The summed E-state index contributed by atoms with van der Waals surface area (Å²) in [7, 11) is -6.94. The van der Waals surface area contributed by atoms with Crippen molar-refractivity contribution >= 4 is 38.9 Å². The smallest absolute Gasteiger partial charge is 0.253 e. The first-order chi connectivity index (χ1) is 19.9. The highest BCUT2D eigenvalue weighted by Gasteiger charge is 2.25. The fraction of sp³-hybridized carbons (Fsp3) is 0.440. The second-order valence-electron chi connectivity index (χ2n) is 8.93. The van der Waals surface area contributed by atoms with E-state index in [4.69, 9.17) is 16.6 Å². The molecule has 1 aliphatic rings. The number of hydrogen-bond acceptors (Lipinski definition) is 10. The molecule has 0 radical (unpaired) electrons. The molecule has 0 aliphatic carbocycles. The summed E-state index contributed by atoms with van der Waals surface area (Å²) in [5.74, 6) is -1.18. The molecule has 1 N–H and O–H groups in total. The number of nitrogens with zero attached hydrogens (tertiary/aromatic N) is 4. The van der Waals surface area contributed by atoms with Gasteiger partial charge >= 0.3 is 0 Å². The van der Waals surface area contributed by atoms with Crippen molar-refractivity contribution in [2.24, 2.45) is 0 Å². The zero-order chi connectivity index (χ0) is 31.7. The van der Waals surface area contributed by atoms with Crippen LogP contribution in [0.1, 0.15) is 36.1 Å². The molecule has 3 aromatic rings. The van der Waals surface area contributed by atoms with Crippen molar-refractivity contribution in [2.75, 3.05) is 37.8 Å². The molecule has 1 aliphatic heterocycles. The monoisotopic (exact) mass is 566 g/mol. The summed E-state index contributed by atoms with van der Waals surface area (Å²) in [5, 5.41) is 4.13. The molecular formula is C25H31N5O6S2. The fourth-order valence-corrected chi connectivity index (χ4v) is 5.42. The summed E-state index contributed by atoms with van der Waals surface area (Å²) in [5.41, 5.74) is 0.841. The summed E-state index contributed by atoms with van der Waals surface area (Å²) in [4.78, 5) is 37.6. The quantitative estimate of drug-likeness (QED) is 0.391. The number of rotatable bonds is 10. The number of carbonyl (C=O) groups is 2. The zero-order valence-corrected chi connectivity index (χ0v) is 22.6. The van der Waals surface area contributed by atoms with Crippen LogP contribution in [0.15, 0.2) is 42.0 Å².